The molecule has 1 aliphatic heterocycles. The molecular weight excluding hydrogens is 584 g/mol. The molecule has 0 aromatic heterocycles. The summed E-state index contributed by atoms with van der Waals surface area (Å²) in [5, 5.41) is 0. The summed E-state index contributed by atoms with van der Waals surface area (Å²) in [7, 11) is 3.10. The number of carbonyl (C=O) groups excluding carboxylic acids is 2. The Hall–Kier alpha value is -1.88. The molecule has 0 aromatic rings. The molecule has 262 valence electrons. The summed E-state index contributed by atoms with van der Waals surface area (Å²) in [6, 6.07) is 0. The van der Waals surface area contributed by atoms with E-state index in [0.717, 1.165) is 103 Å². The number of fused-ring (bicyclic) bond motifs is 3. The zero-order valence-electron chi connectivity index (χ0n) is 30.6. The third kappa shape index (κ3) is 5.61. The Labute approximate surface area is 285 Å². The zero-order valence-corrected chi connectivity index (χ0v) is 30.6. The first-order valence-corrected chi connectivity index (χ1v) is 19.1. The van der Waals surface area contributed by atoms with Crippen LogP contribution in [-0.4, -0.2) is 37.9 Å². The number of ether oxygens (including phenoxy) is 3. The molecule has 0 amide bonds. The number of hydrogen-bond donors (Lipinski definition) is 0. The SMILES string of the molecule is C=C(CC[C@@H]1C(=C)CC[C@H]2[C@@]1(C)CCC[C@]2(C)C(=O)OC)[C@H]1CC[C@@]2(CC[C@@H]3C(=C)CC[C@H]4[C@@]3(C)CCC[C@]4(C)C(=O)OC)O[C@H]2C1. The van der Waals surface area contributed by atoms with Gasteiger partial charge in [0.25, 0.3) is 0 Å². The number of allylic oxidation sites excluding steroid dienone is 3. The van der Waals surface area contributed by atoms with Crippen LogP contribution in [0.1, 0.15) is 137 Å². The van der Waals surface area contributed by atoms with Crippen molar-refractivity contribution >= 4 is 11.9 Å². The standard InChI is InChI=1S/C42H64O5/c1-27(12-15-31-28(2)13-16-33-38(31,4)20-10-22-40(33,6)36(43)45-8)30-18-24-42(35(26-30)47-42)25-19-32-29(3)14-17-34-39(32,5)21-11-23-41(34,7)37(44)46-9/h30-35H,1-3,10-26H2,4-9H3/t30-,31+,32+,33-,34-,35-,38-,39-,40-,41-,42-/m0/s1. The highest BCUT2D eigenvalue weighted by molar-refractivity contribution is 5.77. The molecule has 5 nitrogen and oxygen atoms in total. The van der Waals surface area contributed by atoms with Crippen molar-refractivity contribution < 1.29 is 23.8 Å². The smallest absolute Gasteiger partial charge is 0.311 e. The maximum Gasteiger partial charge on any atom is 0.311 e. The largest absolute Gasteiger partial charge is 0.469 e. The first-order chi connectivity index (χ1) is 22.2. The molecule has 1 heterocycles. The van der Waals surface area contributed by atoms with Crippen LogP contribution >= 0.6 is 0 Å². The summed E-state index contributed by atoms with van der Waals surface area (Å²) in [6.45, 7) is 23.1. The molecule has 6 aliphatic rings. The molecule has 5 aliphatic carbocycles. The molecule has 1 saturated heterocycles. The van der Waals surface area contributed by atoms with Crippen LogP contribution in [-0.2, 0) is 23.8 Å². The Kier molecular flexibility index (Phi) is 9.27. The van der Waals surface area contributed by atoms with Crippen LogP contribution in [0.15, 0.2) is 36.5 Å². The highest BCUT2D eigenvalue weighted by atomic mass is 16.6. The fourth-order valence-corrected chi connectivity index (χ4v) is 13.1. The maximum atomic E-state index is 13.0. The first kappa shape index (κ1) is 35.0. The van der Waals surface area contributed by atoms with Crippen molar-refractivity contribution in [3.8, 4) is 0 Å². The summed E-state index contributed by atoms with van der Waals surface area (Å²) < 4.78 is 17.3. The van der Waals surface area contributed by atoms with Crippen LogP contribution in [0.2, 0.25) is 0 Å². The number of esters is 2. The molecule has 11 atom stereocenters. The predicted octanol–water partition coefficient (Wildman–Crippen LogP) is 9.94. The Morgan fingerprint density at radius 2 is 1.28 bits per heavy atom. The van der Waals surface area contributed by atoms with E-state index >= 15 is 0 Å². The molecule has 6 fully saturated rings. The number of rotatable bonds is 9. The van der Waals surface area contributed by atoms with Crippen molar-refractivity contribution in [1.29, 1.82) is 0 Å². The third-order valence-corrected chi connectivity index (χ3v) is 15.9. The minimum Gasteiger partial charge on any atom is -0.469 e. The van der Waals surface area contributed by atoms with Gasteiger partial charge in [0.2, 0.25) is 0 Å². The van der Waals surface area contributed by atoms with Gasteiger partial charge in [-0.05, 0) is 151 Å². The maximum absolute atomic E-state index is 13.0. The van der Waals surface area contributed by atoms with E-state index in [1.54, 1.807) is 14.2 Å². The number of hydrogen-bond acceptors (Lipinski definition) is 5. The molecule has 0 spiro atoms. The van der Waals surface area contributed by atoms with Crippen molar-refractivity contribution in [1.82, 2.24) is 0 Å². The van der Waals surface area contributed by atoms with Gasteiger partial charge in [-0.3, -0.25) is 9.59 Å². The highest BCUT2D eigenvalue weighted by Gasteiger charge is 2.62. The highest BCUT2D eigenvalue weighted by Crippen LogP contribution is 2.65. The lowest BCUT2D eigenvalue weighted by atomic mass is 9.46. The van der Waals surface area contributed by atoms with E-state index in [2.05, 4.69) is 47.4 Å². The van der Waals surface area contributed by atoms with Crippen molar-refractivity contribution in [3.05, 3.63) is 36.5 Å². The molecule has 0 bridgehead atoms. The molecule has 0 N–H and O–H groups in total. The molecule has 0 aromatic carbocycles. The Morgan fingerprint density at radius 1 is 0.766 bits per heavy atom. The van der Waals surface area contributed by atoms with E-state index in [9.17, 15) is 9.59 Å². The van der Waals surface area contributed by atoms with E-state index < -0.39 is 10.8 Å². The van der Waals surface area contributed by atoms with Crippen molar-refractivity contribution in [2.45, 2.75) is 149 Å². The van der Waals surface area contributed by atoms with E-state index in [4.69, 9.17) is 14.2 Å². The van der Waals surface area contributed by atoms with E-state index in [0.29, 0.717) is 35.7 Å². The van der Waals surface area contributed by atoms with Gasteiger partial charge >= 0.3 is 11.9 Å². The lowest BCUT2D eigenvalue weighted by Crippen LogP contribution is -2.53. The molecular formula is C42H64O5. The van der Waals surface area contributed by atoms with Crippen LogP contribution in [0.5, 0.6) is 0 Å². The van der Waals surface area contributed by atoms with Gasteiger partial charge in [-0.25, -0.2) is 0 Å². The van der Waals surface area contributed by atoms with Crippen molar-refractivity contribution in [3.63, 3.8) is 0 Å². The minimum atomic E-state index is -0.395. The Morgan fingerprint density at radius 3 is 1.77 bits per heavy atom. The van der Waals surface area contributed by atoms with Gasteiger partial charge in [0.15, 0.2) is 0 Å². The molecule has 47 heavy (non-hydrogen) atoms. The van der Waals surface area contributed by atoms with E-state index in [1.165, 1.54) is 23.1 Å². The second-order valence-corrected chi connectivity index (χ2v) is 18.0. The third-order valence-electron chi connectivity index (χ3n) is 15.9. The summed E-state index contributed by atoms with van der Waals surface area (Å²) in [6.07, 6.45) is 18.5. The fraction of sp³-hybridized carbons (Fsp3) is 0.810. The minimum absolute atomic E-state index is 0.0254. The number of methoxy groups -OCH3 is 2. The van der Waals surface area contributed by atoms with Crippen LogP contribution in [0.4, 0.5) is 0 Å². The van der Waals surface area contributed by atoms with Gasteiger partial charge < -0.3 is 14.2 Å². The second kappa shape index (κ2) is 12.5. The van der Waals surface area contributed by atoms with E-state index in [1.807, 2.05) is 0 Å². The van der Waals surface area contributed by atoms with Gasteiger partial charge in [-0.15, -0.1) is 0 Å². The van der Waals surface area contributed by atoms with Crippen LogP contribution in [0.25, 0.3) is 0 Å². The molecule has 0 radical (unpaired) electrons. The summed E-state index contributed by atoms with van der Waals surface area (Å²) in [5.74, 6) is 2.02. The Balaban J connectivity index is 1.05. The summed E-state index contributed by atoms with van der Waals surface area (Å²) in [4.78, 5) is 26.0. The second-order valence-electron chi connectivity index (χ2n) is 18.0. The lowest BCUT2D eigenvalue weighted by Gasteiger charge is -2.57. The van der Waals surface area contributed by atoms with Crippen molar-refractivity contribution in [2.75, 3.05) is 14.2 Å². The molecule has 5 saturated carbocycles. The lowest BCUT2D eigenvalue weighted by molar-refractivity contribution is -0.168. The molecule has 0 unspecified atom stereocenters. The molecule has 5 heteroatoms. The fourth-order valence-electron chi connectivity index (χ4n) is 13.1. The summed E-state index contributed by atoms with van der Waals surface area (Å²) >= 11 is 0. The predicted molar refractivity (Wildman–Crippen MR) is 187 cm³/mol. The van der Waals surface area contributed by atoms with Crippen molar-refractivity contribution in [2.24, 2.45) is 51.2 Å². The number of carbonyl (C=O) groups is 2. The Bertz CT molecular complexity index is 1300. The first-order valence-electron chi connectivity index (χ1n) is 19.1. The van der Waals surface area contributed by atoms with Gasteiger partial charge in [0.05, 0.1) is 36.8 Å². The summed E-state index contributed by atoms with van der Waals surface area (Å²) in [5.41, 5.74) is 3.57. The monoisotopic (exact) mass is 648 g/mol. The van der Waals surface area contributed by atoms with Gasteiger partial charge in [0.1, 0.15) is 0 Å². The van der Waals surface area contributed by atoms with E-state index in [-0.39, 0.29) is 28.4 Å². The van der Waals surface area contributed by atoms with Crippen LogP contribution in [0, 0.1) is 51.2 Å². The average Bonchev–Trinajstić information content (AvgIpc) is 3.76. The van der Waals surface area contributed by atoms with Crippen LogP contribution in [0.3, 0.4) is 0 Å². The van der Waals surface area contributed by atoms with Gasteiger partial charge in [0, 0.05) is 0 Å². The average molecular weight is 649 g/mol. The zero-order chi connectivity index (χ0) is 34.0. The van der Waals surface area contributed by atoms with Crippen LogP contribution < -0.4 is 0 Å². The topological polar surface area (TPSA) is 65.1 Å². The quantitative estimate of drug-likeness (QED) is 0.141. The van der Waals surface area contributed by atoms with Gasteiger partial charge in [-0.2, -0.15) is 0 Å². The number of epoxide rings is 1. The normalized spacial score (nSPS) is 46.0. The van der Waals surface area contributed by atoms with Gasteiger partial charge in [-0.1, -0.05) is 63.1 Å². The molecule has 6 rings (SSSR count).